The Morgan fingerprint density at radius 2 is 2.17 bits per heavy atom. The smallest absolute Gasteiger partial charge is 0.261 e. The highest BCUT2D eigenvalue weighted by molar-refractivity contribution is 5.85. The normalized spacial score (nSPS) is 11.8. The second-order valence-electron chi connectivity index (χ2n) is 5.61. The molecule has 6 nitrogen and oxygen atoms in total. The third kappa shape index (κ3) is 4.77. The number of halogens is 1. The molecular formula is C16H23ClN4O2. The molecule has 3 N–H and O–H groups in total. The molecule has 0 spiro atoms. The highest BCUT2D eigenvalue weighted by Gasteiger charge is 2.08. The maximum absolute atomic E-state index is 12.4. The number of hydrogen-bond donors (Lipinski definition) is 2. The number of nitrogens with zero attached hydrogens (tertiary/aromatic N) is 2. The van der Waals surface area contributed by atoms with E-state index in [1.807, 2.05) is 26.0 Å². The number of para-hydroxylation sites is 1. The van der Waals surface area contributed by atoms with Crippen LogP contribution in [0, 0.1) is 12.8 Å². The van der Waals surface area contributed by atoms with Crippen molar-refractivity contribution in [3.63, 3.8) is 0 Å². The molecule has 1 aromatic carbocycles. The molecule has 23 heavy (non-hydrogen) atoms. The number of aromatic nitrogens is 2. The number of aryl methyl sites for hydroxylation is 2. The summed E-state index contributed by atoms with van der Waals surface area (Å²) in [5.41, 5.74) is 7.07. The molecule has 0 saturated heterocycles. The van der Waals surface area contributed by atoms with Gasteiger partial charge in [0.2, 0.25) is 5.91 Å². The van der Waals surface area contributed by atoms with Crippen molar-refractivity contribution in [1.82, 2.24) is 14.9 Å². The van der Waals surface area contributed by atoms with Gasteiger partial charge in [-0.1, -0.05) is 19.1 Å². The van der Waals surface area contributed by atoms with Gasteiger partial charge in [-0.15, -0.1) is 12.4 Å². The minimum Gasteiger partial charge on any atom is -0.356 e. The fraction of sp³-hybridized carbons (Fsp3) is 0.438. The SMILES string of the molecule is Cc1cccc2c(=O)n(CCC(=O)NCC(C)CN)cnc12.Cl. The molecule has 1 unspecified atom stereocenters. The summed E-state index contributed by atoms with van der Waals surface area (Å²) in [6.45, 7) is 5.30. The Labute approximate surface area is 141 Å². The second-order valence-corrected chi connectivity index (χ2v) is 5.61. The van der Waals surface area contributed by atoms with Gasteiger partial charge in [0.05, 0.1) is 17.2 Å². The van der Waals surface area contributed by atoms with E-state index in [2.05, 4.69) is 10.3 Å². The van der Waals surface area contributed by atoms with E-state index in [0.29, 0.717) is 30.5 Å². The molecule has 7 heteroatoms. The predicted molar refractivity (Wildman–Crippen MR) is 93.8 cm³/mol. The number of amides is 1. The molecule has 2 rings (SSSR count). The lowest BCUT2D eigenvalue weighted by Crippen LogP contribution is -2.32. The average molecular weight is 339 g/mol. The van der Waals surface area contributed by atoms with E-state index in [-0.39, 0.29) is 36.2 Å². The van der Waals surface area contributed by atoms with Crippen LogP contribution >= 0.6 is 12.4 Å². The van der Waals surface area contributed by atoms with E-state index in [0.717, 1.165) is 5.56 Å². The molecule has 0 saturated carbocycles. The van der Waals surface area contributed by atoms with E-state index < -0.39 is 0 Å². The van der Waals surface area contributed by atoms with E-state index in [1.54, 1.807) is 6.07 Å². The summed E-state index contributed by atoms with van der Waals surface area (Å²) >= 11 is 0. The second kappa shape index (κ2) is 8.64. The fourth-order valence-corrected chi connectivity index (χ4v) is 2.18. The summed E-state index contributed by atoms with van der Waals surface area (Å²) in [7, 11) is 0. The Morgan fingerprint density at radius 3 is 2.87 bits per heavy atom. The van der Waals surface area contributed by atoms with E-state index in [1.165, 1.54) is 10.9 Å². The van der Waals surface area contributed by atoms with Crippen molar-refractivity contribution in [3.05, 3.63) is 40.4 Å². The molecule has 2 aromatic rings. The van der Waals surface area contributed by atoms with Gasteiger partial charge in [0.25, 0.3) is 5.56 Å². The number of fused-ring (bicyclic) bond motifs is 1. The summed E-state index contributed by atoms with van der Waals surface area (Å²) in [5.74, 6) is 0.161. The van der Waals surface area contributed by atoms with Gasteiger partial charge < -0.3 is 11.1 Å². The third-order valence-corrected chi connectivity index (χ3v) is 3.69. The maximum atomic E-state index is 12.4. The molecule has 0 aliphatic rings. The molecule has 0 fully saturated rings. The van der Waals surface area contributed by atoms with Gasteiger partial charge >= 0.3 is 0 Å². The summed E-state index contributed by atoms with van der Waals surface area (Å²) in [6.07, 6.45) is 1.75. The van der Waals surface area contributed by atoms with Crippen molar-refractivity contribution in [1.29, 1.82) is 0 Å². The van der Waals surface area contributed by atoms with Crippen LogP contribution in [0.3, 0.4) is 0 Å². The molecule has 0 aliphatic heterocycles. The fourth-order valence-electron chi connectivity index (χ4n) is 2.18. The topological polar surface area (TPSA) is 90.0 Å². The highest BCUT2D eigenvalue weighted by atomic mass is 35.5. The van der Waals surface area contributed by atoms with Gasteiger partial charge in [-0.05, 0) is 31.0 Å². The minimum absolute atomic E-state index is 0. The van der Waals surface area contributed by atoms with Crippen molar-refractivity contribution in [2.24, 2.45) is 11.7 Å². The van der Waals surface area contributed by atoms with Crippen molar-refractivity contribution in [3.8, 4) is 0 Å². The molecule has 126 valence electrons. The van der Waals surface area contributed by atoms with Crippen LogP contribution in [-0.2, 0) is 11.3 Å². The molecule has 1 aromatic heterocycles. The minimum atomic E-state index is -0.114. The van der Waals surface area contributed by atoms with E-state index >= 15 is 0 Å². The van der Waals surface area contributed by atoms with Gasteiger partial charge in [-0.25, -0.2) is 4.98 Å². The van der Waals surface area contributed by atoms with Crippen LogP contribution in [0.15, 0.2) is 29.3 Å². The lowest BCUT2D eigenvalue weighted by Gasteiger charge is -2.11. The lowest BCUT2D eigenvalue weighted by atomic mass is 10.1. The van der Waals surface area contributed by atoms with Crippen LogP contribution in [0.1, 0.15) is 18.9 Å². The van der Waals surface area contributed by atoms with Crippen LogP contribution in [0.4, 0.5) is 0 Å². The first-order valence-electron chi connectivity index (χ1n) is 7.44. The largest absolute Gasteiger partial charge is 0.356 e. The first kappa shape index (κ1) is 19.1. The summed E-state index contributed by atoms with van der Waals surface area (Å²) < 4.78 is 1.48. The predicted octanol–water partition coefficient (Wildman–Crippen LogP) is 1.23. The average Bonchev–Trinajstić information content (AvgIpc) is 2.52. The summed E-state index contributed by atoms with van der Waals surface area (Å²) in [5, 5.41) is 3.40. The summed E-state index contributed by atoms with van der Waals surface area (Å²) in [4.78, 5) is 28.5. The number of nitrogens with two attached hydrogens (primary N) is 1. The van der Waals surface area contributed by atoms with Gasteiger partial charge in [0.1, 0.15) is 0 Å². The van der Waals surface area contributed by atoms with Crippen molar-refractivity contribution in [2.45, 2.75) is 26.8 Å². The Hall–Kier alpha value is -1.92. The van der Waals surface area contributed by atoms with Gasteiger partial charge in [0.15, 0.2) is 0 Å². The van der Waals surface area contributed by atoms with Crippen LogP contribution in [0.2, 0.25) is 0 Å². The Balaban J connectivity index is 0.00000264. The molecule has 1 atom stereocenters. The Kier molecular flexibility index (Phi) is 7.19. The van der Waals surface area contributed by atoms with Crippen molar-refractivity contribution in [2.75, 3.05) is 13.1 Å². The van der Waals surface area contributed by atoms with Crippen molar-refractivity contribution < 1.29 is 4.79 Å². The van der Waals surface area contributed by atoms with Gasteiger partial charge in [-0.2, -0.15) is 0 Å². The molecule has 0 aliphatic carbocycles. The van der Waals surface area contributed by atoms with Crippen LogP contribution < -0.4 is 16.6 Å². The standard InChI is InChI=1S/C16H22N4O2.ClH/c1-11(8-17)9-18-14(21)6-7-20-10-19-15-12(2)4-3-5-13(15)16(20)22;/h3-5,10-11H,6-9,17H2,1-2H3,(H,18,21);1H. The number of rotatable bonds is 6. The molecule has 0 bridgehead atoms. The Bertz CT molecular complexity index is 730. The van der Waals surface area contributed by atoms with Gasteiger partial charge in [0, 0.05) is 19.5 Å². The first-order valence-corrected chi connectivity index (χ1v) is 7.44. The maximum Gasteiger partial charge on any atom is 0.261 e. The molecule has 0 radical (unpaired) electrons. The van der Waals surface area contributed by atoms with Crippen LogP contribution in [0.5, 0.6) is 0 Å². The monoisotopic (exact) mass is 338 g/mol. The molecule has 1 amide bonds. The lowest BCUT2D eigenvalue weighted by molar-refractivity contribution is -0.121. The summed E-state index contributed by atoms with van der Waals surface area (Å²) in [6, 6.07) is 5.52. The zero-order chi connectivity index (χ0) is 16.1. The van der Waals surface area contributed by atoms with Gasteiger partial charge in [-0.3, -0.25) is 14.2 Å². The number of benzene rings is 1. The number of hydrogen-bond acceptors (Lipinski definition) is 4. The third-order valence-electron chi connectivity index (χ3n) is 3.69. The quantitative estimate of drug-likeness (QED) is 0.828. The Morgan fingerprint density at radius 1 is 1.43 bits per heavy atom. The van der Waals surface area contributed by atoms with E-state index in [4.69, 9.17) is 5.73 Å². The van der Waals surface area contributed by atoms with Crippen LogP contribution in [0.25, 0.3) is 10.9 Å². The number of carbonyl (C=O) groups is 1. The number of carbonyl (C=O) groups excluding carboxylic acids is 1. The molecular weight excluding hydrogens is 316 g/mol. The zero-order valence-electron chi connectivity index (χ0n) is 13.4. The molecule has 1 heterocycles. The zero-order valence-corrected chi connectivity index (χ0v) is 14.2. The van der Waals surface area contributed by atoms with Crippen molar-refractivity contribution >= 4 is 29.2 Å². The van der Waals surface area contributed by atoms with Crippen LogP contribution in [-0.4, -0.2) is 28.5 Å². The highest BCUT2D eigenvalue weighted by Crippen LogP contribution is 2.11. The first-order chi connectivity index (χ1) is 10.5. The number of nitrogens with one attached hydrogen (secondary N) is 1. The van der Waals surface area contributed by atoms with E-state index in [9.17, 15) is 9.59 Å².